The van der Waals surface area contributed by atoms with E-state index in [4.69, 9.17) is 23.9 Å². The Morgan fingerprint density at radius 1 is 1.03 bits per heavy atom. The number of fused-ring (bicyclic) bond motifs is 3. The van der Waals surface area contributed by atoms with Crippen molar-refractivity contribution in [1.82, 2.24) is 14.6 Å². The maximum atomic E-state index is 15.1. The summed E-state index contributed by atoms with van der Waals surface area (Å²) in [7, 11) is -2.36. The third kappa shape index (κ3) is 9.28. The Morgan fingerprint density at radius 2 is 1.79 bits per heavy atom. The van der Waals surface area contributed by atoms with E-state index < -0.39 is 50.1 Å². The van der Waals surface area contributed by atoms with Gasteiger partial charge in [0.05, 0.1) is 62.0 Å². The number of nitrogens with one attached hydrogen (secondary N) is 1. The molecule has 8 rings (SSSR count). The zero-order chi connectivity index (χ0) is 43.3. The van der Waals surface area contributed by atoms with Crippen molar-refractivity contribution in [3.05, 3.63) is 36.4 Å². The Bertz CT molecular complexity index is 2180. The summed E-state index contributed by atoms with van der Waals surface area (Å²) in [5.41, 5.74) is -1.29. The predicted octanol–water partition coefficient (Wildman–Crippen LogP) is 5.75. The average Bonchev–Trinajstić information content (AvgIpc) is 4.20. The highest BCUT2D eigenvalue weighted by molar-refractivity contribution is 7.91. The topological polar surface area (TPSA) is 171 Å². The van der Waals surface area contributed by atoms with Crippen molar-refractivity contribution in [3.8, 4) is 11.6 Å². The standard InChI is InChI=1S/C46H62N4O10S/c1-29-8-6-7-9-32-25-46(32,43(54)48-61(55,56)45(4)14-15-45)26-38(51)37-23-34(27-50(37)42(53)36(30(2)20-29)24-40(52)59-28-44(3)12-13-44)60-41-35-11-10-33(57-5)21-31(35)22-39(47-41)49-16-18-58-19-17-49/h7,9-11,21-22,29-30,32,34,36-37H,6,8,12-20,23-28H2,1-5H3,(H,48,54)/b9-7-/t29-,30-,32-,34-,36+,37+,46-/m1/s1. The van der Waals surface area contributed by atoms with Crippen molar-refractivity contribution < 1.29 is 46.5 Å². The first-order valence-electron chi connectivity index (χ1n) is 22.2. The molecule has 0 radical (unpaired) electrons. The molecule has 3 saturated carbocycles. The smallest absolute Gasteiger partial charge is 0.306 e. The maximum Gasteiger partial charge on any atom is 0.306 e. The molecule has 3 aliphatic heterocycles. The van der Waals surface area contributed by atoms with E-state index in [-0.39, 0.29) is 60.7 Å². The molecule has 332 valence electrons. The van der Waals surface area contributed by atoms with E-state index in [2.05, 4.69) is 23.5 Å². The van der Waals surface area contributed by atoms with E-state index >= 15 is 4.79 Å². The molecule has 6 aliphatic rings. The lowest BCUT2D eigenvalue weighted by molar-refractivity contribution is -0.152. The number of sulfonamides is 1. The number of esters is 1. The number of ether oxygens (including phenoxy) is 4. The first-order valence-corrected chi connectivity index (χ1v) is 23.7. The van der Waals surface area contributed by atoms with Gasteiger partial charge in [-0.3, -0.25) is 23.9 Å². The lowest BCUT2D eigenvalue weighted by Crippen LogP contribution is -2.48. The number of hydrogen-bond acceptors (Lipinski definition) is 12. The fourth-order valence-electron chi connectivity index (χ4n) is 9.46. The van der Waals surface area contributed by atoms with Gasteiger partial charge < -0.3 is 28.7 Å². The first-order chi connectivity index (χ1) is 29.0. The van der Waals surface area contributed by atoms with Crippen LogP contribution in [0.4, 0.5) is 5.82 Å². The molecule has 2 aromatic rings. The molecule has 1 aromatic carbocycles. The number of rotatable bonds is 11. The molecule has 2 amide bonds. The fourth-order valence-corrected chi connectivity index (χ4v) is 10.8. The number of methoxy groups -OCH3 is 1. The highest BCUT2D eigenvalue weighted by Gasteiger charge is 2.63. The SMILES string of the molecule is COc1ccc2c(O[C@@H]3C[C@H]4C(=O)C[C@]5(C(=O)NS(=O)(=O)C6(C)CC6)C[C@H]5/C=C\CC[C@@H](C)C[C@@H](C)[C@H](CC(=O)OCC5(C)CC5)C(=O)N4C3)nc(N3CCOCC3)cc2c1. The summed E-state index contributed by atoms with van der Waals surface area (Å²) in [6, 6.07) is 6.64. The van der Waals surface area contributed by atoms with Gasteiger partial charge in [-0.1, -0.05) is 32.9 Å². The number of amides is 2. The number of ketones is 1. The van der Waals surface area contributed by atoms with Gasteiger partial charge in [0.1, 0.15) is 17.7 Å². The molecule has 1 aromatic heterocycles. The number of Topliss-reactive ketones (excluding diaryl/α,β-unsaturated/α-hetero) is 1. The molecule has 7 atom stereocenters. The van der Waals surface area contributed by atoms with Gasteiger partial charge in [-0.05, 0) is 106 Å². The van der Waals surface area contributed by atoms with Crippen molar-refractivity contribution >= 4 is 50.2 Å². The first kappa shape index (κ1) is 43.4. The van der Waals surface area contributed by atoms with Crippen LogP contribution in [0.1, 0.15) is 98.3 Å². The molecule has 0 unspecified atom stereocenters. The van der Waals surface area contributed by atoms with Crippen molar-refractivity contribution in [2.45, 2.75) is 115 Å². The minimum absolute atomic E-state index is 0.0207. The minimum atomic E-state index is -3.96. The number of pyridine rings is 1. The van der Waals surface area contributed by atoms with Crippen LogP contribution in [0.3, 0.4) is 0 Å². The molecule has 14 nitrogen and oxygen atoms in total. The van der Waals surface area contributed by atoms with Gasteiger partial charge in [0, 0.05) is 36.7 Å². The summed E-state index contributed by atoms with van der Waals surface area (Å²) >= 11 is 0. The van der Waals surface area contributed by atoms with E-state index in [1.807, 2.05) is 43.3 Å². The normalized spacial score (nSPS) is 31.5. The summed E-state index contributed by atoms with van der Waals surface area (Å²) in [6.07, 6.45) is 8.54. The van der Waals surface area contributed by atoms with Crippen molar-refractivity contribution in [3.63, 3.8) is 0 Å². The van der Waals surface area contributed by atoms with Gasteiger partial charge in [0.2, 0.25) is 27.7 Å². The van der Waals surface area contributed by atoms with E-state index in [1.54, 1.807) is 18.9 Å². The van der Waals surface area contributed by atoms with E-state index in [0.29, 0.717) is 76.0 Å². The number of aromatic nitrogens is 1. The maximum absolute atomic E-state index is 15.1. The van der Waals surface area contributed by atoms with Crippen LogP contribution in [0.5, 0.6) is 11.6 Å². The van der Waals surface area contributed by atoms with Crippen LogP contribution in [0, 0.1) is 34.5 Å². The number of morpholine rings is 1. The molecule has 3 aliphatic carbocycles. The van der Waals surface area contributed by atoms with Crippen molar-refractivity contribution in [1.29, 1.82) is 0 Å². The summed E-state index contributed by atoms with van der Waals surface area (Å²) in [6.45, 7) is 10.6. The monoisotopic (exact) mass is 862 g/mol. The second-order valence-electron chi connectivity index (χ2n) is 19.6. The molecular formula is C46H62N4O10S. The highest BCUT2D eigenvalue weighted by atomic mass is 32.2. The number of benzene rings is 1. The molecule has 2 saturated heterocycles. The van der Waals surface area contributed by atoms with Gasteiger partial charge in [0.15, 0.2) is 5.78 Å². The zero-order valence-corrected chi connectivity index (χ0v) is 37.1. The zero-order valence-electron chi connectivity index (χ0n) is 36.3. The summed E-state index contributed by atoms with van der Waals surface area (Å²) in [4.78, 5) is 66.3. The Morgan fingerprint density at radius 3 is 2.49 bits per heavy atom. The Hall–Kier alpha value is -4.24. The third-order valence-corrected chi connectivity index (χ3v) is 16.6. The Labute approximate surface area is 359 Å². The molecule has 5 fully saturated rings. The van der Waals surface area contributed by atoms with Crippen LogP contribution >= 0.6 is 0 Å². The lowest BCUT2D eigenvalue weighted by Gasteiger charge is -2.32. The molecule has 0 bridgehead atoms. The largest absolute Gasteiger partial charge is 0.497 e. The lowest BCUT2D eigenvalue weighted by atomic mass is 9.82. The number of allylic oxidation sites excluding steroid dienone is 2. The minimum Gasteiger partial charge on any atom is -0.497 e. The van der Waals surface area contributed by atoms with Gasteiger partial charge in [0.25, 0.3) is 0 Å². The van der Waals surface area contributed by atoms with Crippen LogP contribution in [0.25, 0.3) is 10.8 Å². The number of nitrogens with zero attached hydrogens (tertiary/aromatic N) is 3. The van der Waals surface area contributed by atoms with Crippen molar-refractivity contribution in [2.75, 3.05) is 51.5 Å². The summed E-state index contributed by atoms with van der Waals surface area (Å²) < 4.78 is 51.7. The Kier molecular flexibility index (Phi) is 12.0. The molecular weight excluding hydrogens is 801 g/mol. The van der Waals surface area contributed by atoms with Crippen LogP contribution in [-0.2, 0) is 38.7 Å². The van der Waals surface area contributed by atoms with E-state index in [9.17, 15) is 22.8 Å². The second kappa shape index (κ2) is 16.8. The average molecular weight is 863 g/mol. The van der Waals surface area contributed by atoms with Crippen LogP contribution in [0.2, 0.25) is 0 Å². The summed E-state index contributed by atoms with van der Waals surface area (Å²) in [5.74, 6) is -1.14. The third-order valence-electron chi connectivity index (χ3n) is 14.5. The number of carbonyl (C=O) groups is 4. The molecule has 1 N–H and O–H groups in total. The molecule has 15 heteroatoms. The summed E-state index contributed by atoms with van der Waals surface area (Å²) in [5, 5.41) is 1.59. The number of carbonyl (C=O) groups excluding carboxylic acids is 4. The molecule has 4 heterocycles. The van der Waals surface area contributed by atoms with Gasteiger partial charge in [-0.25, -0.2) is 8.42 Å². The van der Waals surface area contributed by atoms with Gasteiger partial charge in [-0.15, -0.1) is 0 Å². The van der Waals surface area contributed by atoms with Crippen LogP contribution < -0.4 is 19.1 Å². The quantitative estimate of drug-likeness (QED) is 0.215. The molecule has 61 heavy (non-hydrogen) atoms. The second-order valence-corrected chi connectivity index (χ2v) is 21.8. The Balaban J connectivity index is 1.13. The van der Waals surface area contributed by atoms with Crippen LogP contribution in [-0.4, -0.2) is 105 Å². The van der Waals surface area contributed by atoms with Crippen molar-refractivity contribution in [2.24, 2.45) is 34.5 Å². The highest BCUT2D eigenvalue weighted by Crippen LogP contribution is 2.58. The van der Waals surface area contributed by atoms with Crippen LogP contribution in [0.15, 0.2) is 36.4 Å². The molecule has 0 spiro atoms. The number of hydrogen-bond donors (Lipinski definition) is 1. The van der Waals surface area contributed by atoms with Gasteiger partial charge >= 0.3 is 5.97 Å². The fraction of sp³-hybridized carbons (Fsp3) is 0.674. The van der Waals surface area contributed by atoms with Gasteiger partial charge in [-0.2, -0.15) is 4.98 Å². The predicted molar refractivity (Wildman–Crippen MR) is 228 cm³/mol. The van der Waals surface area contributed by atoms with E-state index in [1.165, 1.54) is 0 Å². The van der Waals surface area contributed by atoms with E-state index in [0.717, 1.165) is 36.5 Å². The number of anilines is 1.